The summed E-state index contributed by atoms with van der Waals surface area (Å²) in [5.74, 6) is 0.180. The standard InChI is InChI=1S/C18H28N2O4S/c1-4-8-14(2)18(21)19-16-13-15(9-10-17(16)24-3)25(22,23)20-11-6-5-7-12-20/h9-10,13-14H,4-8,11-12H2,1-3H3,(H,19,21)/t14-/m0/s1. The highest BCUT2D eigenvalue weighted by Gasteiger charge is 2.27. The summed E-state index contributed by atoms with van der Waals surface area (Å²) in [5.41, 5.74) is 0.397. The molecule has 1 atom stereocenters. The van der Waals surface area contributed by atoms with Crippen LogP contribution in [0.25, 0.3) is 0 Å². The summed E-state index contributed by atoms with van der Waals surface area (Å²) in [4.78, 5) is 12.5. The van der Waals surface area contributed by atoms with Crippen molar-refractivity contribution in [3.05, 3.63) is 18.2 Å². The second kappa shape index (κ2) is 8.67. The first kappa shape index (κ1) is 19.7. The van der Waals surface area contributed by atoms with Gasteiger partial charge in [0, 0.05) is 19.0 Å². The van der Waals surface area contributed by atoms with Crippen molar-refractivity contribution in [2.75, 3.05) is 25.5 Å². The number of hydrogen-bond donors (Lipinski definition) is 1. The molecule has 0 radical (unpaired) electrons. The number of ether oxygens (including phenoxy) is 1. The average Bonchev–Trinajstić information content (AvgIpc) is 2.62. The van der Waals surface area contributed by atoms with Crippen LogP contribution in [-0.2, 0) is 14.8 Å². The molecule has 1 saturated heterocycles. The Balaban J connectivity index is 2.28. The number of benzene rings is 1. The molecule has 1 aromatic carbocycles. The maximum atomic E-state index is 12.8. The van der Waals surface area contributed by atoms with E-state index in [2.05, 4.69) is 5.32 Å². The number of sulfonamides is 1. The number of nitrogens with zero attached hydrogens (tertiary/aromatic N) is 1. The number of piperidine rings is 1. The molecule has 140 valence electrons. The maximum absolute atomic E-state index is 12.8. The molecule has 2 rings (SSSR count). The van der Waals surface area contributed by atoms with Gasteiger partial charge in [-0.05, 0) is 37.5 Å². The van der Waals surface area contributed by atoms with Crippen LogP contribution in [-0.4, -0.2) is 38.8 Å². The van der Waals surface area contributed by atoms with Gasteiger partial charge < -0.3 is 10.1 Å². The van der Waals surface area contributed by atoms with Crippen molar-refractivity contribution in [3.63, 3.8) is 0 Å². The Morgan fingerprint density at radius 2 is 1.96 bits per heavy atom. The molecule has 1 aliphatic heterocycles. The molecule has 0 bridgehead atoms. The molecule has 25 heavy (non-hydrogen) atoms. The number of hydrogen-bond acceptors (Lipinski definition) is 4. The largest absolute Gasteiger partial charge is 0.495 e. The highest BCUT2D eigenvalue weighted by molar-refractivity contribution is 7.89. The summed E-state index contributed by atoms with van der Waals surface area (Å²) in [5, 5.41) is 2.81. The van der Waals surface area contributed by atoms with Gasteiger partial charge in [-0.25, -0.2) is 8.42 Å². The van der Waals surface area contributed by atoms with Crippen LogP contribution in [0.1, 0.15) is 46.0 Å². The predicted octanol–water partition coefficient (Wildman–Crippen LogP) is 3.24. The number of anilines is 1. The van der Waals surface area contributed by atoms with Gasteiger partial charge in [0.25, 0.3) is 0 Å². The Morgan fingerprint density at radius 3 is 2.56 bits per heavy atom. The van der Waals surface area contributed by atoms with Crippen molar-refractivity contribution >= 4 is 21.6 Å². The molecule has 0 saturated carbocycles. The normalized spacial score (nSPS) is 17.1. The Morgan fingerprint density at radius 1 is 1.28 bits per heavy atom. The summed E-state index contributed by atoms with van der Waals surface area (Å²) < 4.78 is 32.5. The summed E-state index contributed by atoms with van der Waals surface area (Å²) in [7, 11) is -2.05. The van der Waals surface area contributed by atoms with Crippen LogP contribution in [0.5, 0.6) is 5.75 Å². The molecule has 1 heterocycles. The van der Waals surface area contributed by atoms with Gasteiger partial charge in [-0.15, -0.1) is 0 Å². The molecule has 1 aliphatic rings. The highest BCUT2D eigenvalue weighted by atomic mass is 32.2. The van der Waals surface area contributed by atoms with Crippen LogP contribution in [0.3, 0.4) is 0 Å². The molecule has 0 spiro atoms. The van der Waals surface area contributed by atoms with Gasteiger partial charge in [0.2, 0.25) is 15.9 Å². The van der Waals surface area contributed by atoms with E-state index in [1.165, 1.54) is 23.5 Å². The number of rotatable bonds is 7. The quantitative estimate of drug-likeness (QED) is 0.802. The Bertz CT molecular complexity index is 697. The van der Waals surface area contributed by atoms with Gasteiger partial charge in [-0.2, -0.15) is 4.31 Å². The second-order valence-corrected chi connectivity index (χ2v) is 8.44. The minimum atomic E-state index is -3.55. The monoisotopic (exact) mass is 368 g/mol. The van der Waals surface area contributed by atoms with Crippen LogP contribution in [0, 0.1) is 5.92 Å². The fraction of sp³-hybridized carbons (Fsp3) is 0.611. The van der Waals surface area contributed by atoms with E-state index in [0.717, 1.165) is 32.1 Å². The molecular weight excluding hydrogens is 340 g/mol. The fourth-order valence-corrected chi connectivity index (χ4v) is 4.56. The zero-order chi connectivity index (χ0) is 18.4. The first-order valence-electron chi connectivity index (χ1n) is 8.89. The molecule has 1 aromatic rings. The number of carbonyl (C=O) groups excluding carboxylic acids is 1. The van der Waals surface area contributed by atoms with Crippen molar-refractivity contribution in [2.24, 2.45) is 5.92 Å². The van der Waals surface area contributed by atoms with Crippen LogP contribution in [0.4, 0.5) is 5.69 Å². The Hall–Kier alpha value is -1.60. The van der Waals surface area contributed by atoms with Gasteiger partial charge in [0.15, 0.2) is 0 Å². The molecule has 7 heteroatoms. The maximum Gasteiger partial charge on any atom is 0.243 e. The van der Waals surface area contributed by atoms with E-state index in [9.17, 15) is 13.2 Å². The molecule has 1 amide bonds. The number of methoxy groups -OCH3 is 1. The van der Waals surface area contributed by atoms with E-state index in [1.54, 1.807) is 6.07 Å². The minimum Gasteiger partial charge on any atom is -0.495 e. The van der Waals surface area contributed by atoms with E-state index in [0.29, 0.717) is 24.5 Å². The first-order chi connectivity index (χ1) is 11.9. The lowest BCUT2D eigenvalue weighted by molar-refractivity contribution is -0.119. The lowest BCUT2D eigenvalue weighted by atomic mass is 10.1. The summed E-state index contributed by atoms with van der Waals surface area (Å²) in [6.07, 6.45) is 4.52. The van der Waals surface area contributed by atoms with Crippen molar-refractivity contribution in [1.29, 1.82) is 0 Å². The van der Waals surface area contributed by atoms with Crippen LogP contribution in [0.15, 0.2) is 23.1 Å². The van der Waals surface area contributed by atoms with Gasteiger partial charge in [0.05, 0.1) is 17.7 Å². The number of amides is 1. The van der Waals surface area contributed by atoms with Crippen molar-refractivity contribution in [3.8, 4) is 5.75 Å². The number of carbonyl (C=O) groups is 1. The van der Waals surface area contributed by atoms with E-state index < -0.39 is 10.0 Å². The minimum absolute atomic E-state index is 0.132. The number of nitrogens with one attached hydrogen (secondary N) is 1. The van der Waals surface area contributed by atoms with Gasteiger partial charge in [0.1, 0.15) is 5.75 Å². The SMILES string of the molecule is CCC[C@H](C)C(=O)Nc1cc(S(=O)(=O)N2CCCCC2)ccc1OC. The molecule has 0 unspecified atom stereocenters. The third-order valence-electron chi connectivity index (χ3n) is 4.55. The summed E-state index contributed by atoms with van der Waals surface area (Å²) >= 11 is 0. The van der Waals surface area contributed by atoms with Crippen molar-refractivity contribution < 1.29 is 17.9 Å². The lowest BCUT2D eigenvalue weighted by Gasteiger charge is -2.26. The van der Waals surface area contributed by atoms with E-state index in [-0.39, 0.29) is 16.7 Å². The smallest absolute Gasteiger partial charge is 0.243 e. The topological polar surface area (TPSA) is 75.7 Å². The second-order valence-electron chi connectivity index (χ2n) is 6.51. The zero-order valence-electron chi connectivity index (χ0n) is 15.2. The van der Waals surface area contributed by atoms with E-state index >= 15 is 0 Å². The van der Waals surface area contributed by atoms with E-state index in [1.807, 2.05) is 13.8 Å². The van der Waals surface area contributed by atoms with Crippen LogP contribution >= 0.6 is 0 Å². The molecule has 1 fully saturated rings. The van der Waals surface area contributed by atoms with Gasteiger partial charge in [-0.3, -0.25) is 4.79 Å². The predicted molar refractivity (Wildman–Crippen MR) is 98.3 cm³/mol. The average molecular weight is 368 g/mol. The molecule has 1 N–H and O–H groups in total. The van der Waals surface area contributed by atoms with E-state index in [4.69, 9.17) is 4.74 Å². The first-order valence-corrected chi connectivity index (χ1v) is 10.3. The third-order valence-corrected chi connectivity index (χ3v) is 6.45. The highest BCUT2D eigenvalue weighted by Crippen LogP contribution is 2.30. The van der Waals surface area contributed by atoms with Gasteiger partial charge in [-0.1, -0.05) is 26.7 Å². The van der Waals surface area contributed by atoms with Gasteiger partial charge >= 0.3 is 0 Å². The lowest BCUT2D eigenvalue weighted by Crippen LogP contribution is -2.35. The molecule has 0 aromatic heterocycles. The molecule has 0 aliphatic carbocycles. The Labute approximate surface area is 150 Å². The zero-order valence-corrected chi connectivity index (χ0v) is 16.1. The molecular formula is C18H28N2O4S. The van der Waals surface area contributed by atoms with Crippen LogP contribution < -0.4 is 10.1 Å². The Kier molecular flexibility index (Phi) is 6.84. The van der Waals surface area contributed by atoms with Crippen molar-refractivity contribution in [2.45, 2.75) is 50.8 Å². The summed E-state index contributed by atoms with van der Waals surface area (Å²) in [6.45, 7) is 4.98. The third kappa shape index (κ3) is 4.73. The van der Waals surface area contributed by atoms with Crippen molar-refractivity contribution in [1.82, 2.24) is 4.31 Å². The molecule has 6 nitrogen and oxygen atoms in total. The summed E-state index contributed by atoms with van der Waals surface area (Å²) in [6, 6.07) is 4.63. The van der Waals surface area contributed by atoms with Crippen LogP contribution in [0.2, 0.25) is 0 Å². The fourth-order valence-electron chi connectivity index (χ4n) is 3.02.